The standard InChI is InChI=1S/C19H19N5O/c1-25-17-9-5-4-8-16(17)21-18-12-20-23-19(22-18)24-11-10-14-6-2-3-7-15(14)13-24/h2-9,12H,10-11,13H2,1H3,(H,21,22,23). The number of anilines is 3. The van der Waals surface area contributed by atoms with Gasteiger partial charge in [0, 0.05) is 13.1 Å². The Kier molecular flexibility index (Phi) is 4.16. The Morgan fingerprint density at radius 3 is 2.72 bits per heavy atom. The molecular formula is C19H19N5O. The van der Waals surface area contributed by atoms with Gasteiger partial charge in [0.25, 0.3) is 0 Å². The van der Waals surface area contributed by atoms with E-state index >= 15 is 0 Å². The number of nitrogens with zero attached hydrogens (tertiary/aromatic N) is 4. The van der Waals surface area contributed by atoms with Gasteiger partial charge in [0.2, 0.25) is 5.95 Å². The zero-order chi connectivity index (χ0) is 17.1. The lowest BCUT2D eigenvalue weighted by atomic mass is 10.0. The van der Waals surface area contributed by atoms with Gasteiger partial charge in [-0.25, -0.2) is 0 Å². The Balaban J connectivity index is 1.56. The molecule has 3 aromatic rings. The van der Waals surface area contributed by atoms with Gasteiger partial charge in [-0.15, -0.1) is 5.10 Å². The van der Waals surface area contributed by atoms with Gasteiger partial charge in [-0.3, -0.25) is 0 Å². The highest BCUT2D eigenvalue weighted by Crippen LogP contribution is 2.27. The lowest BCUT2D eigenvalue weighted by molar-refractivity contribution is 0.417. The molecule has 0 bridgehead atoms. The monoisotopic (exact) mass is 333 g/mol. The average Bonchev–Trinajstić information content (AvgIpc) is 2.68. The van der Waals surface area contributed by atoms with Crippen LogP contribution < -0.4 is 15.0 Å². The lowest BCUT2D eigenvalue weighted by Crippen LogP contribution is -2.32. The Bertz CT molecular complexity index is 883. The molecular weight excluding hydrogens is 314 g/mol. The molecule has 1 aliphatic rings. The van der Waals surface area contributed by atoms with Crippen molar-refractivity contribution in [1.82, 2.24) is 15.2 Å². The van der Waals surface area contributed by atoms with Crippen LogP contribution in [0.4, 0.5) is 17.5 Å². The van der Waals surface area contributed by atoms with Gasteiger partial charge in [-0.2, -0.15) is 10.1 Å². The molecule has 2 aromatic carbocycles. The summed E-state index contributed by atoms with van der Waals surface area (Å²) < 4.78 is 5.37. The second kappa shape index (κ2) is 6.76. The molecule has 6 nitrogen and oxygen atoms in total. The molecule has 0 radical (unpaired) electrons. The summed E-state index contributed by atoms with van der Waals surface area (Å²) in [7, 11) is 1.65. The van der Waals surface area contributed by atoms with Crippen molar-refractivity contribution in [1.29, 1.82) is 0 Å². The molecule has 0 spiro atoms. The fourth-order valence-corrected chi connectivity index (χ4v) is 3.04. The van der Waals surface area contributed by atoms with Crippen LogP contribution in [-0.4, -0.2) is 28.8 Å². The van der Waals surface area contributed by atoms with Crippen LogP contribution in [0.1, 0.15) is 11.1 Å². The number of methoxy groups -OCH3 is 1. The smallest absolute Gasteiger partial charge is 0.247 e. The summed E-state index contributed by atoms with van der Waals surface area (Å²) >= 11 is 0. The number of hydrogen-bond donors (Lipinski definition) is 1. The van der Waals surface area contributed by atoms with Crippen LogP contribution in [0, 0.1) is 0 Å². The molecule has 0 saturated carbocycles. The molecule has 0 fully saturated rings. The van der Waals surface area contributed by atoms with Crippen LogP contribution in [0.15, 0.2) is 54.7 Å². The van der Waals surface area contributed by atoms with Gasteiger partial charge in [-0.1, -0.05) is 36.4 Å². The molecule has 0 unspecified atom stereocenters. The first kappa shape index (κ1) is 15.4. The Morgan fingerprint density at radius 2 is 1.84 bits per heavy atom. The van der Waals surface area contributed by atoms with Gasteiger partial charge in [0.1, 0.15) is 5.75 Å². The highest BCUT2D eigenvalue weighted by molar-refractivity contribution is 5.64. The van der Waals surface area contributed by atoms with E-state index in [0.717, 1.165) is 30.9 Å². The number of ether oxygens (including phenoxy) is 1. The summed E-state index contributed by atoms with van der Waals surface area (Å²) in [6.45, 7) is 1.69. The predicted octanol–water partition coefficient (Wildman–Crippen LogP) is 3.19. The minimum absolute atomic E-state index is 0.634. The number of hydrogen-bond acceptors (Lipinski definition) is 6. The van der Waals surface area contributed by atoms with Crippen molar-refractivity contribution in [3.63, 3.8) is 0 Å². The molecule has 0 aliphatic carbocycles. The summed E-state index contributed by atoms with van der Waals surface area (Å²) in [5, 5.41) is 11.6. The molecule has 0 saturated heterocycles. The third-order valence-corrected chi connectivity index (χ3v) is 4.33. The Labute approximate surface area is 146 Å². The van der Waals surface area contributed by atoms with Crippen LogP contribution in [0.2, 0.25) is 0 Å². The van der Waals surface area contributed by atoms with Crippen molar-refractivity contribution in [3.05, 3.63) is 65.9 Å². The van der Waals surface area contributed by atoms with E-state index < -0.39 is 0 Å². The number of fused-ring (bicyclic) bond motifs is 1. The lowest BCUT2D eigenvalue weighted by Gasteiger charge is -2.28. The van der Waals surface area contributed by atoms with E-state index in [1.807, 2.05) is 24.3 Å². The minimum atomic E-state index is 0.634. The van der Waals surface area contributed by atoms with Gasteiger partial charge in [0.05, 0.1) is 19.0 Å². The van der Waals surface area contributed by atoms with Crippen molar-refractivity contribution >= 4 is 17.5 Å². The molecule has 6 heteroatoms. The van der Waals surface area contributed by atoms with Crippen molar-refractivity contribution in [2.24, 2.45) is 0 Å². The van der Waals surface area contributed by atoms with Crippen LogP contribution in [-0.2, 0) is 13.0 Å². The summed E-state index contributed by atoms with van der Waals surface area (Å²) in [6.07, 6.45) is 2.61. The van der Waals surface area contributed by atoms with E-state index in [-0.39, 0.29) is 0 Å². The fraction of sp³-hybridized carbons (Fsp3) is 0.211. The highest BCUT2D eigenvalue weighted by atomic mass is 16.5. The molecule has 1 aromatic heterocycles. The summed E-state index contributed by atoms with van der Waals surface area (Å²) in [6, 6.07) is 16.2. The molecule has 1 aliphatic heterocycles. The number of aromatic nitrogens is 3. The van der Waals surface area contributed by atoms with Crippen LogP contribution in [0.3, 0.4) is 0 Å². The number of para-hydroxylation sites is 2. The zero-order valence-electron chi connectivity index (χ0n) is 14.0. The Morgan fingerprint density at radius 1 is 1.04 bits per heavy atom. The third-order valence-electron chi connectivity index (χ3n) is 4.33. The second-order valence-corrected chi connectivity index (χ2v) is 5.91. The van der Waals surface area contributed by atoms with Gasteiger partial charge >= 0.3 is 0 Å². The summed E-state index contributed by atoms with van der Waals surface area (Å²) in [4.78, 5) is 6.78. The molecule has 126 valence electrons. The van der Waals surface area contributed by atoms with E-state index in [1.165, 1.54) is 11.1 Å². The van der Waals surface area contributed by atoms with E-state index in [1.54, 1.807) is 13.3 Å². The average molecular weight is 333 g/mol. The Hall–Kier alpha value is -3.15. The normalized spacial score (nSPS) is 13.2. The molecule has 1 N–H and O–H groups in total. The number of benzene rings is 2. The molecule has 25 heavy (non-hydrogen) atoms. The SMILES string of the molecule is COc1ccccc1Nc1cnnc(N2CCc3ccccc3C2)n1. The van der Waals surface area contributed by atoms with E-state index in [0.29, 0.717) is 11.8 Å². The molecule has 4 rings (SSSR count). The van der Waals surface area contributed by atoms with Crippen molar-refractivity contribution < 1.29 is 4.74 Å². The zero-order valence-corrected chi connectivity index (χ0v) is 14.0. The quantitative estimate of drug-likeness (QED) is 0.791. The molecule has 0 amide bonds. The first-order chi connectivity index (χ1) is 12.3. The van der Waals surface area contributed by atoms with Crippen LogP contribution in [0.25, 0.3) is 0 Å². The van der Waals surface area contributed by atoms with Crippen molar-refractivity contribution in [3.8, 4) is 5.75 Å². The largest absolute Gasteiger partial charge is 0.495 e. The summed E-state index contributed by atoms with van der Waals surface area (Å²) in [5.74, 6) is 2.04. The van der Waals surface area contributed by atoms with Crippen molar-refractivity contribution in [2.45, 2.75) is 13.0 Å². The first-order valence-electron chi connectivity index (χ1n) is 8.25. The number of rotatable bonds is 4. The van der Waals surface area contributed by atoms with E-state index in [2.05, 4.69) is 49.7 Å². The van der Waals surface area contributed by atoms with Crippen LogP contribution in [0.5, 0.6) is 5.75 Å². The van der Waals surface area contributed by atoms with Crippen molar-refractivity contribution in [2.75, 3.05) is 23.9 Å². The van der Waals surface area contributed by atoms with Gasteiger partial charge in [0.15, 0.2) is 5.82 Å². The maximum Gasteiger partial charge on any atom is 0.247 e. The third kappa shape index (κ3) is 3.24. The highest BCUT2D eigenvalue weighted by Gasteiger charge is 2.18. The van der Waals surface area contributed by atoms with Gasteiger partial charge < -0.3 is 15.0 Å². The first-order valence-corrected chi connectivity index (χ1v) is 8.25. The maximum atomic E-state index is 5.37. The van der Waals surface area contributed by atoms with E-state index in [4.69, 9.17) is 4.74 Å². The topological polar surface area (TPSA) is 63.2 Å². The summed E-state index contributed by atoms with van der Waals surface area (Å²) in [5.41, 5.74) is 3.57. The minimum Gasteiger partial charge on any atom is -0.495 e. The molecule has 0 atom stereocenters. The fourth-order valence-electron chi connectivity index (χ4n) is 3.04. The molecule has 2 heterocycles. The van der Waals surface area contributed by atoms with Crippen LogP contribution >= 0.6 is 0 Å². The number of nitrogens with one attached hydrogen (secondary N) is 1. The van der Waals surface area contributed by atoms with Gasteiger partial charge in [-0.05, 0) is 29.7 Å². The maximum absolute atomic E-state index is 5.37. The second-order valence-electron chi connectivity index (χ2n) is 5.91. The predicted molar refractivity (Wildman–Crippen MR) is 97.3 cm³/mol. The van der Waals surface area contributed by atoms with E-state index in [9.17, 15) is 0 Å².